The molecule has 0 aliphatic carbocycles. The molecule has 0 fully saturated rings. The van der Waals surface area contributed by atoms with Crippen molar-refractivity contribution in [2.24, 2.45) is 5.84 Å². The third-order valence-electron chi connectivity index (χ3n) is 1.99. The molecule has 16 heavy (non-hydrogen) atoms. The molecule has 90 valence electrons. The minimum absolute atomic E-state index is 0.231. The van der Waals surface area contributed by atoms with E-state index in [1.54, 1.807) is 6.92 Å². The molecule has 6 N–H and O–H groups in total. The van der Waals surface area contributed by atoms with Crippen LogP contribution in [0.5, 0.6) is 0 Å². The molecule has 1 aromatic heterocycles. The predicted molar refractivity (Wildman–Crippen MR) is 63.7 cm³/mol. The number of aliphatic hydroxyl groups excluding tert-OH is 2. The van der Waals surface area contributed by atoms with E-state index < -0.39 is 5.54 Å². The van der Waals surface area contributed by atoms with E-state index in [-0.39, 0.29) is 19.2 Å². The second-order valence-corrected chi connectivity index (χ2v) is 4.39. The summed E-state index contributed by atoms with van der Waals surface area (Å²) in [6.07, 6.45) is 1.51. The zero-order valence-corrected chi connectivity index (χ0v) is 10.3. The smallest absolute Gasteiger partial charge is 0.239 e. The largest absolute Gasteiger partial charge is 0.394 e. The third-order valence-corrected chi connectivity index (χ3v) is 2.57. The molecule has 0 spiro atoms. The normalized spacial score (nSPS) is 11.3. The molecule has 0 atom stereocenters. The summed E-state index contributed by atoms with van der Waals surface area (Å²) in [6.45, 7) is 1.20. The Morgan fingerprint density at radius 1 is 1.50 bits per heavy atom. The van der Waals surface area contributed by atoms with Crippen molar-refractivity contribution in [1.82, 2.24) is 9.97 Å². The predicted octanol–water partition coefficient (Wildman–Crippen LogP) is -0.320. The molecule has 0 bridgehead atoms. The summed E-state index contributed by atoms with van der Waals surface area (Å²) < 4.78 is 0.611. The van der Waals surface area contributed by atoms with E-state index in [0.717, 1.165) is 0 Å². The van der Waals surface area contributed by atoms with Crippen molar-refractivity contribution in [1.29, 1.82) is 0 Å². The van der Waals surface area contributed by atoms with Crippen LogP contribution < -0.4 is 16.6 Å². The lowest BCUT2D eigenvalue weighted by atomic mass is 10.1. The molecule has 0 saturated heterocycles. The molecule has 7 nitrogen and oxygen atoms in total. The number of nitrogens with one attached hydrogen (secondary N) is 2. The molecule has 0 saturated carbocycles. The van der Waals surface area contributed by atoms with Crippen LogP contribution in [0.2, 0.25) is 0 Å². The quantitative estimate of drug-likeness (QED) is 0.373. The molecule has 0 aliphatic rings. The van der Waals surface area contributed by atoms with Crippen molar-refractivity contribution in [3.63, 3.8) is 0 Å². The van der Waals surface area contributed by atoms with Crippen LogP contribution in [0.3, 0.4) is 0 Å². The zero-order valence-electron chi connectivity index (χ0n) is 8.74. The van der Waals surface area contributed by atoms with Crippen molar-refractivity contribution >= 4 is 27.7 Å². The van der Waals surface area contributed by atoms with E-state index in [9.17, 15) is 0 Å². The summed E-state index contributed by atoms with van der Waals surface area (Å²) in [4.78, 5) is 7.92. The van der Waals surface area contributed by atoms with Crippen LogP contribution in [-0.4, -0.2) is 38.9 Å². The van der Waals surface area contributed by atoms with Crippen LogP contribution in [0, 0.1) is 0 Å². The molecule has 1 heterocycles. The summed E-state index contributed by atoms with van der Waals surface area (Å²) in [6, 6.07) is 0. The lowest BCUT2D eigenvalue weighted by molar-refractivity contribution is 0.147. The number of hydrogen-bond acceptors (Lipinski definition) is 7. The molecule has 1 rings (SSSR count). The average Bonchev–Trinajstić information content (AvgIpc) is 2.32. The Hall–Kier alpha value is -0.960. The molecular formula is C8H14BrN5O2. The first kappa shape index (κ1) is 13.1. The summed E-state index contributed by atoms with van der Waals surface area (Å²) in [5.74, 6) is 5.86. The number of hydrogen-bond donors (Lipinski definition) is 5. The second kappa shape index (κ2) is 5.39. The van der Waals surface area contributed by atoms with Crippen molar-refractivity contribution in [3.05, 3.63) is 10.7 Å². The van der Waals surface area contributed by atoms with Gasteiger partial charge < -0.3 is 15.5 Å². The van der Waals surface area contributed by atoms with Crippen molar-refractivity contribution < 1.29 is 10.2 Å². The van der Waals surface area contributed by atoms with Gasteiger partial charge in [-0.2, -0.15) is 4.98 Å². The first-order chi connectivity index (χ1) is 7.54. The molecule has 0 unspecified atom stereocenters. The van der Waals surface area contributed by atoms with Gasteiger partial charge in [0.25, 0.3) is 0 Å². The number of aromatic nitrogens is 2. The van der Waals surface area contributed by atoms with Gasteiger partial charge in [-0.05, 0) is 22.9 Å². The van der Waals surface area contributed by atoms with Crippen LogP contribution in [0.4, 0.5) is 11.8 Å². The Kier molecular flexibility index (Phi) is 4.42. The fraction of sp³-hybridized carbons (Fsp3) is 0.500. The van der Waals surface area contributed by atoms with Gasteiger partial charge in [0.2, 0.25) is 5.95 Å². The summed E-state index contributed by atoms with van der Waals surface area (Å²) in [5.41, 5.74) is 1.45. The van der Waals surface area contributed by atoms with E-state index in [2.05, 4.69) is 36.6 Å². The molecule has 0 radical (unpaired) electrons. The van der Waals surface area contributed by atoms with Crippen molar-refractivity contribution in [2.75, 3.05) is 24.0 Å². The van der Waals surface area contributed by atoms with Gasteiger partial charge in [0.15, 0.2) is 0 Å². The molecule has 1 aromatic rings. The maximum atomic E-state index is 9.14. The van der Waals surface area contributed by atoms with Crippen LogP contribution in [0.25, 0.3) is 0 Å². The van der Waals surface area contributed by atoms with Crippen LogP contribution in [0.1, 0.15) is 6.92 Å². The van der Waals surface area contributed by atoms with Gasteiger partial charge >= 0.3 is 0 Å². The fourth-order valence-electron chi connectivity index (χ4n) is 0.939. The fourth-order valence-corrected chi connectivity index (χ4v) is 1.23. The first-order valence-electron chi connectivity index (χ1n) is 4.53. The maximum Gasteiger partial charge on any atom is 0.239 e. The van der Waals surface area contributed by atoms with E-state index in [0.29, 0.717) is 10.3 Å². The first-order valence-corrected chi connectivity index (χ1v) is 5.33. The standard InChI is InChI=1S/C8H14BrN5O2/c1-8(3-15,4-16)13-6-5(9)2-11-7(12-6)14-10/h2,15-16H,3-4,10H2,1H3,(H2,11,12,13,14). The number of aliphatic hydroxyl groups is 2. The third kappa shape index (κ3) is 3.01. The lowest BCUT2D eigenvalue weighted by Gasteiger charge is -2.27. The van der Waals surface area contributed by atoms with Crippen molar-refractivity contribution in [3.8, 4) is 0 Å². The molecule has 8 heteroatoms. The maximum absolute atomic E-state index is 9.14. The van der Waals surface area contributed by atoms with Gasteiger partial charge in [-0.15, -0.1) is 0 Å². The lowest BCUT2D eigenvalue weighted by Crippen LogP contribution is -2.43. The van der Waals surface area contributed by atoms with Crippen LogP contribution >= 0.6 is 15.9 Å². The molecule has 0 amide bonds. The Labute approximate surface area is 101 Å². The Morgan fingerprint density at radius 2 is 2.12 bits per heavy atom. The number of rotatable bonds is 5. The second-order valence-electron chi connectivity index (χ2n) is 3.54. The summed E-state index contributed by atoms with van der Waals surface area (Å²) in [7, 11) is 0. The Balaban J connectivity index is 2.95. The highest BCUT2D eigenvalue weighted by Gasteiger charge is 2.23. The van der Waals surface area contributed by atoms with E-state index in [1.807, 2.05) is 0 Å². The Bertz CT molecular complexity index is 358. The van der Waals surface area contributed by atoms with Gasteiger partial charge in [-0.25, -0.2) is 10.8 Å². The number of anilines is 2. The monoisotopic (exact) mass is 291 g/mol. The summed E-state index contributed by atoms with van der Waals surface area (Å²) >= 11 is 3.25. The minimum Gasteiger partial charge on any atom is -0.394 e. The number of halogens is 1. The average molecular weight is 292 g/mol. The number of nitrogens with two attached hydrogens (primary N) is 1. The van der Waals surface area contributed by atoms with Crippen LogP contribution in [-0.2, 0) is 0 Å². The van der Waals surface area contributed by atoms with E-state index in [4.69, 9.17) is 16.1 Å². The van der Waals surface area contributed by atoms with Gasteiger partial charge in [-0.1, -0.05) is 0 Å². The van der Waals surface area contributed by atoms with Gasteiger partial charge in [0, 0.05) is 6.20 Å². The van der Waals surface area contributed by atoms with E-state index >= 15 is 0 Å². The number of hydrazine groups is 1. The highest BCUT2D eigenvalue weighted by molar-refractivity contribution is 9.10. The summed E-state index contributed by atoms with van der Waals surface area (Å²) in [5, 5.41) is 21.2. The zero-order chi connectivity index (χ0) is 12.2. The minimum atomic E-state index is -0.858. The van der Waals surface area contributed by atoms with E-state index in [1.165, 1.54) is 6.20 Å². The van der Waals surface area contributed by atoms with Gasteiger partial charge in [0.05, 0.1) is 23.2 Å². The van der Waals surface area contributed by atoms with Gasteiger partial charge in [0.1, 0.15) is 5.82 Å². The van der Waals surface area contributed by atoms with Crippen LogP contribution in [0.15, 0.2) is 10.7 Å². The SMILES string of the molecule is CC(CO)(CO)Nc1nc(NN)ncc1Br. The highest BCUT2D eigenvalue weighted by Crippen LogP contribution is 2.23. The number of nitrogen functional groups attached to an aromatic ring is 1. The molecular weight excluding hydrogens is 278 g/mol. The Morgan fingerprint density at radius 3 is 2.62 bits per heavy atom. The highest BCUT2D eigenvalue weighted by atomic mass is 79.9. The molecule has 0 aromatic carbocycles. The van der Waals surface area contributed by atoms with Gasteiger partial charge in [-0.3, -0.25) is 5.43 Å². The van der Waals surface area contributed by atoms with Crippen molar-refractivity contribution in [2.45, 2.75) is 12.5 Å². The number of nitrogens with zero attached hydrogens (tertiary/aromatic N) is 2. The molecule has 0 aliphatic heterocycles. The topological polar surface area (TPSA) is 116 Å².